The fourth-order valence-electron chi connectivity index (χ4n) is 31.1. The Labute approximate surface area is 866 Å². The third kappa shape index (κ3) is 30.3. The molecular weight excluding hydrogens is 1780 g/mol. The fraction of sp³-hybridized carbons (Fsp3) is 0.935. The molecule has 14 rings (SSSR count). The van der Waals surface area contributed by atoms with Crippen LogP contribution in [0.2, 0.25) is 0 Å². The van der Waals surface area contributed by atoms with Gasteiger partial charge in [-0.15, -0.1) is 0 Å². The monoisotopic (exact) mass is 2000 g/mol. The largest absolute Gasteiger partial charge is 0.469 e. The van der Waals surface area contributed by atoms with Crippen molar-refractivity contribution in [2.45, 2.75) is 576 Å². The van der Waals surface area contributed by atoms with E-state index >= 15 is 0 Å². The van der Waals surface area contributed by atoms with Gasteiger partial charge in [0.2, 0.25) is 0 Å². The predicted molar refractivity (Wildman–Crippen MR) is 568 cm³/mol. The van der Waals surface area contributed by atoms with E-state index in [4.69, 9.17) is 52.1 Å². The molecule has 24 unspecified atom stereocenters. The van der Waals surface area contributed by atoms with E-state index in [1.54, 1.807) is 7.11 Å². The molecule has 14 fully saturated rings. The highest BCUT2D eigenvalue weighted by atomic mass is 16.7. The third-order valence-corrected chi connectivity index (χ3v) is 41.4. The molecule has 0 aromatic heterocycles. The zero-order chi connectivity index (χ0) is 104. The van der Waals surface area contributed by atoms with Crippen molar-refractivity contribution < 1.29 is 90.5 Å². The number of carbonyl (C=O) groups excluding carboxylic acids is 8. The molecule has 0 amide bonds. The maximum absolute atomic E-state index is 13.5. The lowest BCUT2D eigenvalue weighted by Gasteiger charge is -2.35. The van der Waals surface area contributed by atoms with E-state index in [0.29, 0.717) is 72.2 Å². The van der Waals surface area contributed by atoms with Crippen LogP contribution in [-0.2, 0) is 90.5 Å². The summed E-state index contributed by atoms with van der Waals surface area (Å²) in [6.45, 7) is 47.3. The molecule has 1 saturated heterocycles. The summed E-state index contributed by atoms with van der Waals surface area (Å²) >= 11 is 0. The Balaban J connectivity index is 0.000000191. The average molecular weight is 2000 g/mol. The van der Waals surface area contributed by atoms with Crippen LogP contribution in [0.5, 0.6) is 0 Å². The lowest BCUT2D eigenvalue weighted by atomic mass is 9.78. The lowest BCUT2D eigenvalue weighted by Crippen LogP contribution is -2.42. The van der Waals surface area contributed by atoms with E-state index in [1.165, 1.54) is 110 Å². The van der Waals surface area contributed by atoms with Crippen molar-refractivity contribution in [2.75, 3.05) is 27.4 Å². The van der Waals surface area contributed by atoms with Crippen LogP contribution in [0.3, 0.4) is 0 Å². The van der Waals surface area contributed by atoms with Crippen LogP contribution in [0.4, 0.5) is 0 Å². The van der Waals surface area contributed by atoms with E-state index in [9.17, 15) is 38.4 Å². The van der Waals surface area contributed by atoms with E-state index in [1.807, 2.05) is 0 Å². The smallest absolute Gasteiger partial charge is 0.312 e. The van der Waals surface area contributed by atoms with Crippen LogP contribution in [0.25, 0.3) is 0 Å². The summed E-state index contributed by atoms with van der Waals surface area (Å²) in [7, 11) is 3.17. The van der Waals surface area contributed by atoms with Gasteiger partial charge in [-0.1, -0.05) is 216 Å². The summed E-state index contributed by atoms with van der Waals surface area (Å²) in [4.78, 5) is 104. The van der Waals surface area contributed by atoms with Crippen LogP contribution in [-0.4, -0.2) is 127 Å². The van der Waals surface area contributed by atoms with Crippen molar-refractivity contribution in [1.29, 1.82) is 0 Å². The highest BCUT2D eigenvalue weighted by Gasteiger charge is 2.58. The van der Waals surface area contributed by atoms with E-state index < -0.39 is 0 Å². The highest BCUT2D eigenvalue weighted by molar-refractivity contribution is 5.85. The minimum atomic E-state index is -0.336. The Morgan fingerprint density at radius 2 is 0.627 bits per heavy atom. The maximum Gasteiger partial charge on any atom is 0.312 e. The zero-order valence-corrected chi connectivity index (χ0v) is 95.2. The molecule has 24 atom stereocenters. The number of esters is 8. The first-order valence-electron chi connectivity index (χ1n) is 60.6. The fourth-order valence-corrected chi connectivity index (χ4v) is 31.1. The normalized spacial score (nSPS) is 34.1. The molecular formula is C123H214O19. The topological polar surface area (TPSA) is 238 Å². The van der Waals surface area contributed by atoms with Gasteiger partial charge in [-0.05, 0) is 391 Å². The first-order valence-corrected chi connectivity index (χ1v) is 60.6. The summed E-state index contributed by atoms with van der Waals surface area (Å²) in [5, 5.41) is 0. The predicted octanol–water partition coefficient (Wildman–Crippen LogP) is 31.0. The van der Waals surface area contributed by atoms with Crippen molar-refractivity contribution in [1.82, 2.24) is 0 Å². The molecule has 19 heteroatoms. The van der Waals surface area contributed by atoms with Gasteiger partial charge in [0.15, 0.2) is 6.29 Å². The average Bonchev–Trinajstić information content (AvgIpc) is 1.65. The van der Waals surface area contributed by atoms with Gasteiger partial charge in [-0.2, -0.15) is 0 Å². The maximum atomic E-state index is 13.5. The molecule has 1 heterocycles. The minimum absolute atomic E-state index is 0.0407. The van der Waals surface area contributed by atoms with Gasteiger partial charge in [0, 0.05) is 13.7 Å². The number of hydrogen-bond acceptors (Lipinski definition) is 19. The molecule has 0 spiro atoms. The molecule has 820 valence electrons. The van der Waals surface area contributed by atoms with Gasteiger partial charge < -0.3 is 52.1 Å². The van der Waals surface area contributed by atoms with Crippen LogP contribution >= 0.6 is 0 Å². The molecule has 0 radical (unpaired) electrons. The summed E-state index contributed by atoms with van der Waals surface area (Å²) in [5.41, 5.74) is -1.77. The van der Waals surface area contributed by atoms with E-state index in [0.717, 1.165) is 282 Å². The second-order valence-corrected chi connectivity index (χ2v) is 48.6. The van der Waals surface area contributed by atoms with Gasteiger partial charge in [-0.25, -0.2) is 0 Å². The number of methoxy groups -OCH3 is 2. The Morgan fingerprint density at radius 1 is 0.310 bits per heavy atom. The number of carbonyl (C=O) groups is 8. The first kappa shape index (κ1) is 121. The molecule has 13 aliphatic carbocycles. The quantitative estimate of drug-likeness (QED) is 0.0409. The van der Waals surface area contributed by atoms with Crippen LogP contribution in [0.15, 0.2) is 0 Å². The van der Waals surface area contributed by atoms with Crippen LogP contribution in [0.1, 0.15) is 524 Å². The zero-order valence-electron chi connectivity index (χ0n) is 95.2. The molecule has 0 aromatic rings. The van der Waals surface area contributed by atoms with Gasteiger partial charge in [-0.3, -0.25) is 38.4 Å². The summed E-state index contributed by atoms with van der Waals surface area (Å²) in [5.74, 6) is 5.54. The van der Waals surface area contributed by atoms with Gasteiger partial charge in [0.05, 0.1) is 67.2 Å². The number of rotatable bonds is 40. The summed E-state index contributed by atoms with van der Waals surface area (Å²) < 4.78 is 65.7. The molecule has 0 N–H and O–H groups in total. The molecule has 142 heavy (non-hydrogen) atoms. The Morgan fingerprint density at radius 3 is 0.951 bits per heavy atom. The van der Waals surface area contributed by atoms with Crippen molar-refractivity contribution in [2.24, 2.45) is 130 Å². The van der Waals surface area contributed by atoms with Crippen LogP contribution < -0.4 is 0 Å². The van der Waals surface area contributed by atoms with Crippen molar-refractivity contribution in [3.05, 3.63) is 0 Å². The van der Waals surface area contributed by atoms with Gasteiger partial charge in [0.1, 0.15) is 39.2 Å². The highest BCUT2D eigenvalue weighted by Crippen LogP contribution is 2.57. The SMILES string of the molecule is CCC1CC(CC)C(C(=O)OC2(CC)CCCC2)C1C.CCC1CC(CC)C(C(=O)OC2(CC)CCCC2)C1C(=O)OC.CCC1CC(CC)C(C(=O)OC2(CC)CCCC2)C1C(=O)OC1(CC)CCCC1.CCC1CC(CC)C(C(=O)OC2(CC)CCCC2)C1COC.CCC1CC(CC)C(C(CC(=O)OC2(CC)CCCC2)OC2CCCCO2)C1.CCC1CC(CC)C(C)(C(=O)OC2(CC)CCCC2)C1. The van der Waals surface area contributed by atoms with Crippen molar-refractivity contribution >= 4 is 47.8 Å². The standard InChI is InChI=1S/C25H42O4.C24H42O4.C19H32O4.C19H34O3.2C18H32O2/c1-5-18-17-19(6-2)21(23(27)29-25(8-4)15-11-12-16-25)20(18)22(26)28-24(7-3)13-9-10-14-24;1-4-18-15-19(5-2)20(16-18)21(27-23-11-7-10-14-26-23)17-22(25)28-24(6-3)12-8-9-13-24;1-5-13-12-14(6-2)16(15(13)17(20)22-4)18(21)23-19(7-3)10-8-9-11-19;1-5-14-12-15(6-2)17(16(14)13-21-4)18(20)22-19(7-3)10-8-9-11-19;1-5-14-12-15(6-2)17(4,13-14)16(19)20-18(7-3)10-8-9-11-18;1-5-14-12-15(6-2)16(13(14)4)17(19)20-18(7-3)10-8-9-11-18/h18-21H,5-17H2,1-4H3;18-21,23H,4-17H2,1-3H3;13-16H,5-12H2,1-4H3;14-17H,5-13H2,1-4H3;14-15H,5-13H2,1-4H3;13-16H,5-12H2,1-4H3. The Hall–Kier alpha value is -4.36. The Bertz CT molecular complexity index is 3670. The molecule has 14 aliphatic rings. The second kappa shape index (κ2) is 57.8. The lowest BCUT2D eigenvalue weighted by molar-refractivity contribution is -0.207. The van der Waals surface area contributed by atoms with E-state index in [2.05, 4.69) is 145 Å². The minimum Gasteiger partial charge on any atom is -0.469 e. The van der Waals surface area contributed by atoms with Crippen LogP contribution in [0, 0.1) is 130 Å². The third-order valence-electron chi connectivity index (χ3n) is 41.4. The van der Waals surface area contributed by atoms with Crippen molar-refractivity contribution in [3.8, 4) is 0 Å². The van der Waals surface area contributed by atoms with Gasteiger partial charge >= 0.3 is 47.8 Å². The first-order chi connectivity index (χ1) is 68.2. The molecule has 0 bridgehead atoms. The number of ether oxygens (including phenoxy) is 11. The second-order valence-electron chi connectivity index (χ2n) is 48.6. The summed E-state index contributed by atoms with van der Waals surface area (Å²) in [6.07, 6.45) is 62.1. The molecule has 1 aliphatic heterocycles. The Kier molecular flexibility index (Phi) is 49.3. The molecule has 0 aromatic carbocycles. The number of hydrogen-bond donors (Lipinski definition) is 0. The summed E-state index contributed by atoms with van der Waals surface area (Å²) in [6, 6.07) is 0. The van der Waals surface area contributed by atoms with Gasteiger partial charge in [0.25, 0.3) is 0 Å². The molecule has 13 saturated carbocycles. The van der Waals surface area contributed by atoms with Crippen molar-refractivity contribution in [3.63, 3.8) is 0 Å². The molecule has 19 nitrogen and oxygen atoms in total. The van der Waals surface area contributed by atoms with E-state index in [-0.39, 0.29) is 164 Å².